The van der Waals surface area contributed by atoms with E-state index in [0.717, 1.165) is 12.8 Å². The highest BCUT2D eigenvalue weighted by Crippen LogP contribution is 2.14. The smallest absolute Gasteiger partial charge is 0.0192 e. The van der Waals surface area contributed by atoms with Crippen LogP contribution in [0.15, 0.2) is 0 Å². The fourth-order valence-corrected chi connectivity index (χ4v) is 1.99. The van der Waals surface area contributed by atoms with E-state index >= 15 is 0 Å². The number of hydrogen-bond acceptors (Lipinski definition) is 3. The number of piperidine rings is 1. The summed E-state index contributed by atoms with van der Waals surface area (Å²) in [6.45, 7) is 2.50. The molecule has 2 fully saturated rings. The standard InChI is InChI=1S/C6H14N2.C5H11N/c7-5-3-1-2-4-6(5)8;1-2-4-6-5-3-1/h5-6H,1-4,7-8H2;6H,1-5H2. The Bertz CT molecular complexity index is 113. The first-order chi connectivity index (χ1) is 6.80. The molecule has 0 aromatic rings. The molecule has 0 aromatic carbocycles. The second-order valence-electron chi connectivity index (χ2n) is 4.42. The maximum atomic E-state index is 5.65. The molecular formula is C11H25N3. The molecule has 1 saturated carbocycles. The summed E-state index contributed by atoms with van der Waals surface area (Å²) >= 11 is 0. The van der Waals surface area contributed by atoms with Crippen LogP contribution in [0.1, 0.15) is 44.9 Å². The van der Waals surface area contributed by atoms with Crippen molar-refractivity contribution in [3.8, 4) is 0 Å². The van der Waals surface area contributed by atoms with Crippen LogP contribution in [-0.2, 0) is 0 Å². The van der Waals surface area contributed by atoms with Gasteiger partial charge in [0.15, 0.2) is 0 Å². The van der Waals surface area contributed by atoms with Gasteiger partial charge in [-0.25, -0.2) is 0 Å². The lowest BCUT2D eigenvalue weighted by Gasteiger charge is -2.24. The maximum Gasteiger partial charge on any atom is 0.0192 e. The number of nitrogens with one attached hydrogen (secondary N) is 1. The van der Waals surface area contributed by atoms with Gasteiger partial charge in [0, 0.05) is 12.1 Å². The van der Waals surface area contributed by atoms with Crippen LogP contribution in [0.4, 0.5) is 0 Å². The molecular weight excluding hydrogens is 174 g/mol. The van der Waals surface area contributed by atoms with E-state index in [-0.39, 0.29) is 12.1 Å². The van der Waals surface area contributed by atoms with Crippen LogP contribution in [0.3, 0.4) is 0 Å². The third kappa shape index (κ3) is 4.94. The van der Waals surface area contributed by atoms with Gasteiger partial charge in [0.05, 0.1) is 0 Å². The summed E-state index contributed by atoms with van der Waals surface area (Å²) in [5.74, 6) is 0. The van der Waals surface area contributed by atoms with E-state index in [0.29, 0.717) is 0 Å². The van der Waals surface area contributed by atoms with Gasteiger partial charge >= 0.3 is 0 Å². The third-order valence-corrected chi connectivity index (χ3v) is 3.08. The molecule has 2 unspecified atom stereocenters. The number of rotatable bonds is 0. The van der Waals surface area contributed by atoms with E-state index in [4.69, 9.17) is 11.5 Å². The third-order valence-electron chi connectivity index (χ3n) is 3.08. The molecule has 2 rings (SSSR count). The fraction of sp³-hybridized carbons (Fsp3) is 1.00. The van der Waals surface area contributed by atoms with Gasteiger partial charge in [-0.1, -0.05) is 19.3 Å². The van der Waals surface area contributed by atoms with E-state index in [1.54, 1.807) is 0 Å². The molecule has 84 valence electrons. The SMILES string of the molecule is C1CCNCC1.NC1CCCCC1N. The minimum atomic E-state index is 0.281. The Kier molecular flexibility index (Phi) is 6.15. The average Bonchev–Trinajstić information content (AvgIpc) is 2.26. The van der Waals surface area contributed by atoms with Gasteiger partial charge in [0.1, 0.15) is 0 Å². The topological polar surface area (TPSA) is 64.1 Å². The van der Waals surface area contributed by atoms with Crippen molar-refractivity contribution in [2.45, 2.75) is 57.0 Å². The van der Waals surface area contributed by atoms with Gasteiger partial charge in [-0.3, -0.25) is 0 Å². The molecule has 14 heavy (non-hydrogen) atoms. The van der Waals surface area contributed by atoms with Crippen molar-refractivity contribution >= 4 is 0 Å². The first kappa shape index (κ1) is 12.0. The van der Waals surface area contributed by atoms with Crippen LogP contribution in [0.5, 0.6) is 0 Å². The molecule has 2 aliphatic rings. The van der Waals surface area contributed by atoms with E-state index in [9.17, 15) is 0 Å². The fourth-order valence-electron chi connectivity index (χ4n) is 1.99. The molecule has 0 bridgehead atoms. The summed E-state index contributed by atoms with van der Waals surface area (Å²) in [5.41, 5.74) is 11.3. The molecule has 1 saturated heterocycles. The van der Waals surface area contributed by atoms with Crippen molar-refractivity contribution in [3.05, 3.63) is 0 Å². The Balaban J connectivity index is 0.000000146. The molecule has 0 spiro atoms. The summed E-state index contributed by atoms with van der Waals surface area (Å²) in [5, 5.41) is 3.28. The summed E-state index contributed by atoms with van der Waals surface area (Å²) in [4.78, 5) is 0. The maximum absolute atomic E-state index is 5.65. The summed E-state index contributed by atoms with van der Waals surface area (Å²) in [7, 11) is 0. The van der Waals surface area contributed by atoms with Crippen LogP contribution in [0, 0.1) is 0 Å². The van der Waals surface area contributed by atoms with Gasteiger partial charge in [0.25, 0.3) is 0 Å². The second-order valence-corrected chi connectivity index (χ2v) is 4.42. The van der Waals surface area contributed by atoms with Crippen molar-refractivity contribution in [2.75, 3.05) is 13.1 Å². The largest absolute Gasteiger partial charge is 0.326 e. The molecule has 5 N–H and O–H groups in total. The van der Waals surface area contributed by atoms with Crippen molar-refractivity contribution in [1.82, 2.24) is 5.32 Å². The summed E-state index contributed by atoms with van der Waals surface area (Å²) < 4.78 is 0. The van der Waals surface area contributed by atoms with Crippen LogP contribution < -0.4 is 16.8 Å². The highest BCUT2D eigenvalue weighted by Gasteiger charge is 2.16. The van der Waals surface area contributed by atoms with E-state index in [1.165, 1.54) is 45.2 Å². The Labute approximate surface area is 87.6 Å². The Morgan fingerprint density at radius 1 is 0.714 bits per heavy atom. The van der Waals surface area contributed by atoms with Crippen molar-refractivity contribution in [3.63, 3.8) is 0 Å². The normalized spacial score (nSPS) is 33.0. The molecule has 1 aliphatic carbocycles. The van der Waals surface area contributed by atoms with E-state index in [2.05, 4.69) is 5.32 Å². The van der Waals surface area contributed by atoms with Gasteiger partial charge in [-0.05, 0) is 38.8 Å². The first-order valence-corrected chi connectivity index (χ1v) is 6.02. The predicted octanol–water partition coefficient (Wildman–Crippen LogP) is 0.975. The Morgan fingerprint density at radius 2 is 1.21 bits per heavy atom. The van der Waals surface area contributed by atoms with Crippen LogP contribution in [0.25, 0.3) is 0 Å². The predicted molar refractivity (Wildman–Crippen MR) is 61.1 cm³/mol. The highest BCUT2D eigenvalue weighted by atomic mass is 14.9. The first-order valence-electron chi connectivity index (χ1n) is 6.02. The van der Waals surface area contributed by atoms with Crippen molar-refractivity contribution in [2.24, 2.45) is 11.5 Å². The number of nitrogens with two attached hydrogens (primary N) is 2. The molecule has 2 atom stereocenters. The van der Waals surface area contributed by atoms with Crippen LogP contribution in [0.2, 0.25) is 0 Å². The van der Waals surface area contributed by atoms with Crippen molar-refractivity contribution < 1.29 is 0 Å². The second kappa shape index (κ2) is 7.21. The minimum Gasteiger partial charge on any atom is -0.326 e. The van der Waals surface area contributed by atoms with Crippen LogP contribution in [-0.4, -0.2) is 25.2 Å². The molecule has 3 heteroatoms. The minimum absolute atomic E-state index is 0.281. The molecule has 3 nitrogen and oxygen atoms in total. The zero-order chi connectivity index (χ0) is 10.2. The van der Waals surface area contributed by atoms with Crippen molar-refractivity contribution in [1.29, 1.82) is 0 Å². The molecule has 0 radical (unpaired) electrons. The lowest BCUT2D eigenvalue weighted by atomic mass is 9.92. The quantitative estimate of drug-likeness (QED) is 0.545. The monoisotopic (exact) mass is 199 g/mol. The average molecular weight is 199 g/mol. The van der Waals surface area contributed by atoms with Gasteiger partial charge in [-0.15, -0.1) is 0 Å². The van der Waals surface area contributed by atoms with Crippen LogP contribution >= 0.6 is 0 Å². The van der Waals surface area contributed by atoms with Gasteiger partial charge in [-0.2, -0.15) is 0 Å². The van der Waals surface area contributed by atoms with Gasteiger partial charge < -0.3 is 16.8 Å². The molecule has 0 aromatic heterocycles. The summed E-state index contributed by atoms with van der Waals surface area (Å²) in [6, 6.07) is 0.562. The Morgan fingerprint density at radius 3 is 1.43 bits per heavy atom. The highest BCUT2D eigenvalue weighted by molar-refractivity contribution is 4.79. The zero-order valence-electron chi connectivity index (χ0n) is 9.17. The molecule has 0 amide bonds. The Hall–Kier alpha value is -0.120. The zero-order valence-corrected chi connectivity index (χ0v) is 9.17. The lowest BCUT2D eigenvalue weighted by molar-refractivity contribution is 0.385. The van der Waals surface area contributed by atoms with E-state index in [1.807, 2.05) is 0 Å². The molecule has 1 heterocycles. The van der Waals surface area contributed by atoms with E-state index < -0.39 is 0 Å². The lowest BCUT2D eigenvalue weighted by Crippen LogP contribution is -2.43. The number of hydrogen-bond donors (Lipinski definition) is 3. The summed E-state index contributed by atoms with van der Waals surface area (Å²) in [6.07, 6.45) is 9.01. The van der Waals surface area contributed by atoms with Gasteiger partial charge in [0.2, 0.25) is 0 Å². The molecule has 1 aliphatic heterocycles.